The molecule has 0 bridgehead atoms. The van der Waals surface area contributed by atoms with Gasteiger partial charge in [-0.2, -0.15) is 0 Å². The van der Waals surface area contributed by atoms with Crippen molar-refractivity contribution < 1.29 is 19.1 Å². The summed E-state index contributed by atoms with van der Waals surface area (Å²) in [5.74, 6) is -0.775. The molecule has 0 saturated carbocycles. The van der Waals surface area contributed by atoms with Crippen LogP contribution in [-0.2, 0) is 19.1 Å². The quantitative estimate of drug-likeness (QED) is 0.360. The van der Waals surface area contributed by atoms with Crippen LogP contribution >= 0.6 is 0 Å². The van der Waals surface area contributed by atoms with Crippen LogP contribution < -0.4 is 5.32 Å². The predicted octanol–water partition coefficient (Wildman–Crippen LogP) is -0.603. The molecule has 1 N–H and O–H groups in total. The number of ether oxygens (including phenoxy) is 1. The summed E-state index contributed by atoms with van der Waals surface area (Å²) in [5.41, 5.74) is 0. The van der Waals surface area contributed by atoms with E-state index in [1.807, 2.05) is 0 Å². The number of carbonyl (C=O) groups excluding carboxylic acids is 3. The first-order valence-electron chi connectivity index (χ1n) is 3.99. The molecule has 0 aromatic rings. The predicted molar refractivity (Wildman–Crippen MR) is 42.8 cm³/mol. The lowest BCUT2D eigenvalue weighted by Gasteiger charge is -2.25. The van der Waals surface area contributed by atoms with Gasteiger partial charge in [-0.05, 0) is 0 Å². The summed E-state index contributed by atoms with van der Waals surface area (Å²) in [7, 11) is 1.24. The average Bonchev–Trinajstić information content (AvgIpc) is 2.01. The number of methoxy groups -OCH3 is 1. The molecule has 0 aromatic heterocycles. The summed E-state index contributed by atoms with van der Waals surface area (Å²) in [6, 6.07) is -0.0790. The summed E-state index contributed by atoms with van der Waals surface area (Å²) in [4.78, 5) is 32.2. The van der Waals surface area contributed by atoms with E-state index >= 15 is 0 Å². The van der Waals surface area contributed by atoms with Crippen molar-refractivity contribution in [1.82, 2.24) is 5.32 Å². The van der Waals surface area contributed by atoms with Crippen LogP contribution in [0.3, 0.4) is 0 Å². The average molecular weight is 185 g/mol. The molecular formula is C8H11NO4. The SMILES string of the molecule is COC(=O)CC(=O)CC1CC(=O)N1. The van der Waals surface area contributed by atoms with E-state index in [1.54, 1.807) is 0 Å². The molecule has 0 aromatic carbocycles. The molecule has 13 heavy (non-hydrogen) atoms. The van der Waals surface area contributed by atoms with Crippen LogP contribution in [0, 0.1) is 0 Å². The number of esters is 1. The Kier molecular flexibility index (Phi) is 3.00. The number of hydrogen-bond acceptors (Lipinski definition) is 4. The maximum Gasteiger partial charge on any atom is 0.313 e. The molecule has 72 valence electrons. The van der Waals surface area contributed by atoms with Crippen molar-refractivity contribution in [3.8, 4) is 0 Å². The summed E-state index contributed by atoms with van der Waals surface area (Å²) in [6.07, 6.45) is 0.399. The minimum Gasteiger partial charge on any atom is -0.469 e. The van der Waals surface area contributed by atoms with Gasteiger partial charge in [0.15, 0.2) is 0 Å². The number of amides is 1. The molecule has 1 rings (SSSR count). The standard InChI is InChI=1S/C8H11NO4/c1-13-8(12)4-6(10)2-5-3-7(11)9-5/h5H,2-4H2,1H3,(H,9,11). The zero-order chi connectivity index (χ0) is 9.84. The Morgan fingerprint density at radius 1 is 1.62 bits per heavy atom. The van der Waals surface area contributed by atoms with Crippen LogP contribution in [0.25, 0.3) is 0 Å². The minimum absolute atomic E-state index is 0.0455. The van der Waals surface area contributed by atoms with Crippen LogP contribution in [0.1, 0.15) is 19.3 Å². The lowest BCUT2D eigenvalue weighted by Crippen LogP contribution is -2.49. The normalized spacial score (nSPS) is 20.1. The first-order chi connectivity index (χ1) is 6.11. The highest BCUT2D eigenvalue weighted by molar-refractivity contribution is 5.96. The van der Waals surface area contributed by atoms with Gasteiger partial charge in [-0.3, -0.25) is 14.4 Å². The largest absolute Gasteiger partial charge is 0.469 e. The van der Waals surface area contributed by atoms with Gasteiger partial charge in [-0.1, -0.05) is 0 Å². The fraction of sp³-hybridized carbons (Fsp3) is 0.625. The third-order valence-corrected chi connectivity index (χ3v) is 1.84. The number of ketones is 1. The Bertz CT molecular complexity index is 241. The molecule has 1 heterocycles. The van der Waals surface area contributed by atoms with Crippen molar-refractivity contribution in [2.75, 3.05) is 7.11 Å². The zero-order valence-corrected chi connectivity index (χ0v) is 7.33. The van der Waals surface area contributed by atoms with E-state index in [-0.39, 0.29) is 30.6 Å². The van der Waals surface area contributed by atoms with E-state index in [1.165, 1.54) is 7.11 Å². The Balaban J connectivity index is 2.18. The molecule has 1 aliphatic heterocycles. The second-order valence-corrected chi connectivity index (χ2v) is 2.96. The fourth-order valence-corrected chi connectivity index (χ4v) is 1.13. The Morgan fingerprint density at radius 3 is 2.69 bits per heavy atom. The minimum atomic E-state index is -0.532. The highest BCUT2D eigenvalue weighted by Crippen LogP contribution is 2.09. The first-order valence-corrected chi connectivity index (χ1v) is 3.99. The first kappa shape index (κ1) is 9.70. The molecular weight excluding hydrogens is 174 g/mol. The van der Waals surface area contributed by atoms with Gasteiger partial charge in [0, 0.05) is 18.9 Å². The van der Waals surface area contributed by atoms with Crippen molar-refractivity contribution in [1.29, 1.82) is 0 Å². The van der Waals surface area contributed by atoms with Crippen LogP contribution in [-0.4, -0.2) is 30.8 Å². The number of β-lactam (4-membered cyclic amide) rings is 1. The lowest BCUT2D eigenvalue weighted by molar-refractivity contribution is -0.143. The second kappa shape index (κ2) is 4.02. The third-order valence-electron chi connectivity index (χ3n) is 1.84. The van der Waals surface area contributed by atoms with E-state index in [0.29, 0.717) is 6.42 Å². The van der Waals surface area contributed by atoms with Crippen molar-refractivity contribution >= 4 is 17.7 Å². The third kappa shape index (κ3) is 2.85. The summed E-state index contributed by atoms with van der Waals surface area (Å²) >= 11 is 0. The van der Waals surface area contributed by atoms with Gasteiger partial charge >= 0.3 is 5.97 Å². The number of carbonyl (C=O) groups is 3. The summed E-state index contributed by atoms with van der Waals surface area (Å²) in [6.45, 7) is 0. The Hall–Kier alpha value is -1.39. The van der Waals surface area contributed by atoms with Crippen molar-refractivity contribution in [2.45, 2.75) is 25.3 Å². The van der Waals surface area contributed by atoms with Crippen molar-refractivity contribution in [2.24, 2.45) is 0 Å². The molecule has 1 amide bonds. The molecule has 0 aliphatic carbocycles. The molecule has 1 unspecified atom stereocenters. The topological polar surface area (TPSA) is 72.5 Å². The summed E-state index contributed by atoms with van der Waals surface area (Å²) in [5, 5.41) is 2.55. The smallest absolute Gasteiger partial charge is 0.313 e. The van der Waals surface area contributed by atoms with E-state index in [0.717, 1.165) is 0 Å². The van der Waals surface area contributed by atoms with Gasteiger partial charge in [0.25, 0.3) is 0 Å². The van der Waals surface area contributed by atoms with Crippen molar-refractivity contribution in [3.05, 3.63) is 0 Å². The number of Topliss-reactive ketones (excluding diaryl/α,β-unsaturated/α-hetero) is 1. The highest BCUT2D eigenvalue weighted by atomic mass is 16.5. The molecule has 0 radical (unpaired) electrons. The van der Waals surface area contributed by atoms with Crippen LogP contribution in [0.2, 0.25) is 0 Å². The molecule has 1 saturated heterocycles. The molecule has 1 fully saturated rings. The number of hydrogen-bond donors (Lipinski definition) is 1. The van der Waals surface area contributed by atoms with Crippen LogP contribution in [0.15, 0.2) is 0 Å². The lowest BCUT2D eigenvalue weighted by atomic mass is 9.99. The second-order valence-electron chi connectivity index (χ2n) is 2.96. The van der Waals surface area contributed by atoms with Crippen LogP contribution in [0.4, 0.5) is 0 Å². The van der Waals surface area contributed by atoms with Gasteiger partial charge < -0.3 is 10.1 Å². The molecule has 5 heteroatoms. The summed E-state index contributed by atoms with van der Waals surface area (Å²) < 4.78 is 4.33. The van der Waals surface area contributed by atoms with E-state index < -0.39 is 5.97 Å². The Labute approximate surface area is 75.4 Å². The number of nitrogens with one attached hydrogen (secondary N) is 1. The fourth-order valence-electron chi connectivity index (χ4n) is 1.13. The zero-order valence-electron chi connectivity index (χ0n) is 7.33. The highest BCUT2D eigenvalue weighted by Gasteiger charge is 2.27. The van der Waals surface area contributed by atoms with E-state index in [4.69, 9.17) is 0 Å². The van der Waals surface area contributed by atoms with Crippen molar-refractivity contribution in [3.63, 3.8) is 0 Å². The van der Waals surface area contributed by atoms with Gasteiger partial charge in [0.1, 0.15) is 12.2 Å². The van der Waals surface area contributed by atoms with E-state index in [2.05, 4.69) is 10.1 Å². The van der Waals surface area contributed by atoms with Gasteiger partial charge in [-0.15, -0.1) is 0 Å². The van der Waals surface area contributed by atoms with E-state index in [9.17, 15) is 14.4 Å². The molecule has 1 atom stereocenters. The number of rotatable bonds is 4. The maximum atomic E-state index is 11.1. The van der Waals surface area contributed by atoms with Gasteiger partial charge in [-0.25, -0.2) is 0 Å². The van der Waals surface area contributed by atoms with Gasteiger partial charge in [0.05, 0.1) is 7.11 Å². The van der Waals surface area contributed by atoms with Crippen LogP contribution in [0.5, 0.6) is 0 Å². The molecule has 1 aliphatic rings. The van der Waals surface area contributed by atoms with Gasteiger partial charge in [0.2, 0.25) is 5.91 Å². The molecule has 0 spiro atoms. The Morgan fingerprint density at radius 2 is 2.23 bits per heavy atom. The maximum absolute atomic E-state index is 11.1. The molecule has 5 nitrogen and oxygen atoms in total. The monoisotopic (exact) mass is 185 g/mol.